The zero-order valence-corrected chi connectivity index (χ0v) is 22.1. The predicted octanol–water partition coefficient (Wildman–Crippen LogP) is 5.50. The van der Waals surface area contributed by atoms with Gasteiger partial charge in [0.15, 0.2) is 0 Å². The van der Waals surface area contributed by atoms with Gasteiger partial charge in [0.2, 0.25) is 0 Å². The molecule has 4 unspecified atom stereocenters. The lowest BCUT2D eigenvalue weighted by molar-refractivity contribution is -0.113. The van der Waals surface area contributed by atoms with Gasteiger partial charge >= 0.3 is 0 Å². The fraction of sp³-hybridized carbons (Fsp3) is 0.424. The van der Waals surface area contributed by atoms with Crippen LogP contribution in [-0.2, 0) is 4.79 Å². The lowest BCUT2D eigenvalue weighted by Gasteiger charge is -2.48. The SMILES string of the molecule is CC1NCCN(C(c2ccccc2)C2CCN(C(C=O)C3c4ccccc4-c4ccccc43)CC2)C1C. The maximum atomic E-state index is 12.7. The van der Waals surface area contributed by atoms with Crippen LogP contribution in [0.1, 0.15) is 55.3 Å². The van der Waals surface area contributed by atoms with Gasteiger partial charge < -0.3 is 10.1 Å². The Bertz CT molecular complexity index is 1170. The summed E-state index contributed by atoms with van der Waals surface area (Å²) in [4.78, 5) is 17.9. The summed E-state index contributed by atoms with van der Waals surface area (Å²) in [5, 5.41) is 3.66. The zero-order chi connectivity index (χ0) is 25.4. The van der Waals surface area contributed by atoms with E-state index in [-0.39, 0.29) is 12.0 Å². The van der Waals surface area contributed by atoms with Crippen LogP contribution >= 0.6 is 0 Å². The maximum Gasteiger partial charge on any atom is 0.138 e. The van der Waals surface area contributed by atoms with E-state index >= 15 is 0 Å². The highest BCUT2D eigenvalue weighted by Crippen LogP contribution is 2.47. The number of aldehydes is 1. The van der Waals surface area contributed by atoms with Gasteiger partial charge in [-0.05, 0) is 73.5 Å². The second-order valence-corrected chi connectivity index (χ2v) is 11.2. The molecule has 4 nitrogen and oxygen atoms in total. The molecule has 0 bridgehead atoms. The fourth-order valence-corrected chi connectivity index (χ4v) is 7.33. The van der Waals surface area contributed by atoms with Crippen molar-refractivity contribution in [1.29, 1.82) is 0 Å². The lowest BCUT2D eigenvalue weighted by Crippen LogP contribution is -2.58. The molecule has 3 aromatic rings. The average Bonchev–Trinajstić information content (AvgIpc) is 3.28. The lowest BCUT2D eigenvalue weighted by atomic mass is 9.81. The van der Waals surface area contributed by atoms with Crippen molar-refractivity contribution in [3.63, 3.8) is 0 Å². The van der Waals surface area contributed by atoms with E-state index in [0.29, 0.717) is 24.0 Å². The third-order valence-corrected chi connectivity index (χ3v) is 9.39. The third kappa shape index (κ3) is 4.46. The number of likely N-dealkylation sites (tertiary alicyclic amines) is 1. The van der Waals surface area contributed by atoms with Gasteiger partial charge in [-0.2, -0.15) is 0 Å². The van der Waals surface area contributed by atoms with E-state index in [4.69, 9.17) is 0 Å². The summed E-state index contributed by atoms with van der Waals surface area (Å²) in [6.07, 6.45) is 3.45. The van der Waals surface area contributed by atoms with Gasteiger partial charge in [-0.15, -0.1) is 0 Å². The van der Waals surface area contributed by atoms with Crippen LogP contribution in [0.25, 0.3) is 11.1 Å². The highest BCUT2D eigenvalue weighted by Gasteiger charge is 2.41. The normalized spacial score (nSPS) is 24.8. The molecule has 2 saturated heterocycles. The van der Waals surface area contributed by atoms with E-state index < -0.39 is 0 Å². The summed E-state index contributed by atoms with van der Waals surface area (Å²) in [5.41, 5.74) is 6.61. The number of nitrogens with zero attached hydrogens (tertiary/aromatic N) is 2. The molecule has 0 saturated carbocycles. The first-order valence-electron chi connectivity index (χ1n) is 14.1. The predicted molar refractivity (Wildman–Crippen MR) is 151 cm³/mol. The van der Waals surface area contributed by atoms with Crippen molar-refractivity contribution in [2.24, 2.45) is 5.92 Å². The van der Waals surface area contributed by atoms with Crippen molar-refractivity contribution in [2.75, 3.05) is 26.2 Å². The monoisotopic (exact) mass is 493 g/mol. The summed E-state index contributed by atoms with van der Waals surface area (Å²) < 4.78 is 0. The van der Waals surface area contributed by atoms with Crippen LogP contribution in [0.3, 0.4) is 0 Å². The average molecular weight is 494 g/mol. The van der Waals surface area contributed by atoms with Gasteiger partial charge in [0.1, 0.15) is 6.29 Å². The minimum absolute atomic E-state index is 0.111. The van der Waals surface area contributed by atoms with Gasteiger partial charge in [0, 0.05) is 37.1 Å². The van der Waals surface area contributed by atoms with Gasteiger partial charge in [-0.25, -0.2) is 0 Å². The first-order chi connectivity index (χ1) is 18.2. The second-order valence-electron chi connectivity index (χ2n) is 11.2. The smallest absolute Gasteiger partial charge is 0.138 e. The number of fused-ring (bicyclic) bond motifs is 3. The Morgan fingerprint density at radius 1 is 0.811 bits per heavy atom. The molecule has 1 aliphatic carbocycles. The van der Waals surface area contributed by atoms with Gasteiger partial charge in [-0.3, -0.25) is 9.80 Å². The third-order valence-electron chi connectivity index (χ3n) is 9.39. The number of rotatable bonds is 6. The van der Waals surface area contributed by atoms with Crippen LogP contribution < -0.4 is 5.32 Å². The number of piperidine rings is 1. The number of carbonyl (C=O) groups excluding carboxylic acids is 1. The molecule has 2 heterocycles. The van der Waals surface area contributed by atoms with Gasteiger partial charge in [-0.1, -0.05) is 78.9 Å². The zero-order valence-electron chi connectivity index (χ0n) is 22.1. The number of benzene rings is 3. The Morgan fingerprint density at radius 2 is 1.41 bits per heavy atom. The maximum absolute atomic E-state index is 12.7. The van der Waals surface area contributed by atoms with E-state index in [1.165, 1.54) is 34.1 Å². The number of hydrogen-bond donors (Lipinski definition) is 1. The van der Waals surface area contributed by atoms with E-state index in [1.807, 2.05) is 0 Å². The van der Waals surface area contributed by atoms with Crippen LogP contribution in [0.2, 0.25) is 0 Å². The summed E-state index contributed by atoms with van der Waals surface area (Å²) in [7, 11) is 0. The van der Waals surface area contributed by atoms with Crippen LogP contribution in [0.5, 0.6) is 0 Å². The molecular weight excluding hydrogens is 454 g/mol. The molecule has 192 valence electrons. The molecule has 2 fully saturated rings. The topological polar surface area (TPSA) is 35.6 Å². The molecule has 0 amide bonds. The summed E-state index contributed by atoms with van der Waals surface area (Å²) in [6, 6.07) is 29.7. The van der Waals surface area contributed by atoms with Gasteiger partial charge in [0.25, 0.3) is 0 Å². The summed E-state index contributed by atoms with van der Waals surface area (Å²) >= 11 is 0. The molecule has 1 N–H and O–H groups in total. The molecule has 2 aliphatic heterocycles. The van der Waals surface area contributed by atoms with E-state index in [9.17, 15) is 4.79 Å². The number of piperazine rings is 1. The van der Waals surface area contributed by atoms with Crippen molar-refractivity contribution in [3.05, 3.63) is 95.6 Å². The minimum atomic E-state index is -0.126. The first kappa shape index (κ1) is 24.5. The molecule has 4 atom stereocenters. The molecule has 37 heavy (non-hydrogen) atoms. The van der Waals surface area contributed by atoms with E-state index in [1.54, 1.807) is 0 Å². The standard InChI is InChI=1S/C33H39N3O/c1-23-24(2)36(21-18-34-23)33(25-10-4-3-5-11-25)26-16-19-35(20-17-26)31(22-37)32-29-14-8-6-12-27(29)28-13-7-9-15-30(28)32/h3-15,22-24,26,31-34H,16-21H2,1-2H3. The fourth-order valence-electron chi connectivity index (χ4n) is 7.33. The van der Waals surface area contributed by atoms with Crippen molar-refractivity contribution >= 4 is 6.29 Å². The quantitative estimate of drug-likeness (QED) is 0.460. The van der Waals surface area contributed by atoms with Crippen LogP contribution in [0.4, 0.5) is 0 Å². The number of carbonyl (C=O) groups is 1. The number of hydrogen-bond acceptors (Lipinski definition) is 4. The Kier molecular flexibility index (Phi) is 6.98. The summed E-state index contributed by atoms with van der Waals surface area (Å²) in [6.45, 7) is 8.74. The minimum Gasteiger partial charge on any atom is -0.311 e. The first-order valence-corrected chi connectivity index (χ1v) is 14.1. The Morgan fingerprint density at radius 3 is 2.03 bits per heavy atom. The van der Waals surface area contributed by atoms with Crippen LogP contribution in [-0.4, -0.2) is 60.4 Å². The Hall–Kier alpha value is -2.79. The van der Waals surface area contributed by atoms with Crippen LogP contribution in [0, 0.1) is 5.92 Å². The van der Waals surface area contributed by atoms with Crippen LogP contribution in [0.15, 0.2) is 78.9 Å². The largest absolute Gasteiger partial charge is 0.311 e. The Balaban J connectivity index is 1.25. The summed E-state index contributed by atoms with van der Waals surface area (Å²) in [5.74, 6) is 0.697. The van der Waals surface area contributed by atoms with Crippen molar-refractivity contribution in [3.8, 4) is 11.1 Å². The molecule has 0 spiro atoms. The highest BCUT2D eigenvalue weighted by molar-refractivity contribution is 5.81. The van der Waals surface area contributed by atoms with Crippen molar-refractivity contribution in [1.82, 2.24) is 15.1 Å². The highest BCUT2D eigenvalue weighted by atomic mass is 16.1. The molecule has 3 aromatic carbocycles. The van der Waals surface area contributed by atoms with Crippen molar-refractivity contribution in [2.45, 2.75) is 56.8 Å². The van der Waals surface area contributed by atoms with Gasteiger partial charge in [0.05, 0.1) is 6.04 Å². The van der Waals surface area contributed by atoms with E-state index in [2.05, 4.69) is 108 Å². The molecule has 3 aliphatic rings. The molecule has 6 rings (SSSR count). The van der Waals surface area contributed by atoms with Crippen molar-refractivity contribution < 1.29 is 4.79 Å². The molecule has 4 heteroatoms. The number of nitrogens with one attached hydrogen (secondary N) is 1. The van der Waals surface area contributed by atoms with E-state index in [0.717, 1.165) is 39.0 Å². The second kappa shape index (κ2) is 10.5. The molecular formula is C33H39N3O. The molecule has 0 radical (unpaired) electrons. The Labute approximate surface area is 221 Å². The molecule has 0 aromatic heterocycles.